The average Bonchev–Trinajstić information content (AvgIpc) is 2.64. The van der Waals surface area contributed by atoms with Crippen LogP contribution in [0.15, 0.2) is 40.3 Å². The van der Waals surface area contributed by atoms with Crippen molar-refractivity contribution in [1.29, 1.82) is 0 Å². The van der Waals surface area contributed by atoms with E-state index >= 15 is 0 Å². The Labute approximate surface area is 169 Å². The van der Waals surface area contributed by atoms with Crippen LogP contribution < -0.4 is 5.56 Å². The zero-order valence-electron chi connectivity index (χ0n) is 16.8. The Bertz CT molecular complexity index is 1100. The Kier molecular flexibility index (Phi) is 5.02. The molecule has 146 valence electrons. The summed E-state index contributed by atoms with van der Waals surface area (Å²) in [6.07, 6.45) is 1.73. The van der Waals surface area contributed by atoms with Gasteiger partial charge in [-0.3, -0.25) is 9.36 Å². The second kappa shape index (κ2) is 7.33. The van der Waals surface area contributed by atoms with E-state index in [2.05, 4.69) is 20.8 Å². The van der Waals surface area contributed by atoms with E-state index in [4.69, 9.17) is 14.7 Å². The zero-order valence-corrected chi connectivity index (χ0v) is 17.6. The second-order valence-corrected chi connectivity index (χ2v) is 8.97. The van der Waals surface area contributed by atoms with Crippen LogP contribution in [0.1, 0.15) is 44.0 Å². The molecule has 2 aromatic heterocycles. The SMILES string of the molecule is CCCSc1nc2nc3c(cc2c(=O)n1-c1cccc(C)c1)COC(C)(C)C3. The van der Waals surface area contributed by atoms with Gasteiger partial charge in [0.1, 0.15) is 0 Å². The third kappa shape index (κ3) is 3.59. The summed E-state index contributed by atoms with van der Waals surface area (Å²) in [6, 6.07) is 9.88. The maximum atomic E-state index is 13.5. The van der Waals surface area contributed by atoms with Crippen LogP contribution in [0.3, 0.4) is 0 Å². The lowest BCUT2D eigenvalue weighted by Crippen LogP contribution is -2.33. The first kappa shape index (κ1) is 19.2. The first-order valence-electron chi connectivity index (χ1n) is 9.67. The molecule has 0 saturated heterocycles. The molecule has 5 nitrogen and oxygen atoms in total. The number of nitrogens with zero attached hydrogens (tertiary/aromatic N) is 3. The molecule has 0 aliphatic carbocycles. The lowest BCUT2D eigenvalue weighted by Gasteiger charge is -2.31. The van der Waals surface area contributed by atoms with Crippen LogP contribution in [0, 0.1) is 6.92 Å². The molecule has 0 bridgehead atoms. The molecule has 0 radical (unpaired) electrons. The molecule has 1 aliphatic heterocycles. The van der Waals surface area contributed by atoms with Crippen molar-refractivity contribution in [3.8, 4) is 5.69 Å². The minimum Gasteiger partial charge on any atom is -0.370 e. The molecule has 3 aromatic rings. The number of thioether (sulfide) groups is 1. The third-order valence-electron chi connectivity index (χ3n) is 4.90. The van der Waals surface area contributed by atoms with Gasteiger partial charge >= 0.3 is 0 Å². The molecule has 0 fully saturated rings. The fourth-order valence-corrected chi connectivity index (χ4v) is 4.32. The molecule has 0 atom stereocenters. The summed E-state index contributed by atoms with van der Waals surface area (Å²) in [6.45, 7) is 8.75. The van der Waals surface area contributed by atoms with Gasteiger partial charge in [0, 0.05) is 17.7 Å². The van der Waals surface area contributed by atoms with E-state index in [1.54, 1.807) is 16.3 Å². The summed E-state index contributed by atoms with van der Waals surface area (Å²) >= 11 is 1.60. The van der Waals surface area contributed by atoms with E-state index in [9.17, 15) is 4.79 Å². The van der Waals surface area contributed by atoms with Gasteiger partial charge in [0.05, 0.1) is 29.0 Å². The highest BCUT2D eigenvalue weighted by atomic mass is 32.2. The predicted octanol–water partition coefficient (Wildman–Crippen LogP) is 4.44. The molecule has 1 aliphatic rings. The van der Waals surface area contributed by atoms with E-state index in [0.717, 1.165) is 41.1 Å². The summed E-state index contributed by atoms with van der Waals surface area (Å²) in [4.78, 5) is 23.1. The van der Waals surface area contributed by atoms with Crippen LogP contribution in [-0.4, -0.2) is 25.9 Å². The Morgan fingerprint density at radius 3 is 2.82 bits per heavy atom. The number of benzene rings is 1. The number of fused-ring (bicyclic) bond motifs is 2. The van der Waals surface area contributed by atoms with Gasteiger partial charge in [0.25, 0.3) is 5.56 Å². The van der Waals surface area contributed by atoms with E-state index in [1.165, 1.54) is 0 Å². The number of hydrogen-bond acceptors (Lipinski definition) is 5. The van der Waals surface area contributed by atoms with Crippen molar-refractivity contribution in [3.63, 3.8) is 0 Å². The second-order valence-electron chi connectivity index (χ2n) is 7.91. The first-order chi connectivity index (χ1) is 13.4. The molecule has 0 spiro atoms. The van der Waals surface area contributed by atoms with Gasteiger partial charge in [-0.2, -0.15) is 0 Å². The van der Waals surface area contributed by atoms with Gasteiger partial charge < -0.3 is 4.74 Å². The Hall–Kier alpha value is -2.18. The van der Waals surface area contributed by atoms with Crippen molar-refractivity contribution in [3.05, 3.63) is 57.5 Å². The number of ether oxygens (including phenoxy) is 1. The average molecular weight is 396 g/mol. The Morgan fingerprint density at radius 1 is 1.25 bits per heavy atom. The van der Waals surface area contributed by atoms with Crippen LogP contribution in [0.4, 0.5) is 0 Å². The number of aromatic nitrogens is 3. The van der Waals surface area contributed by atoms with Crippen LogP contribution in [0.5, 0.6) is 0 Å². The predicted molar refractivity (Wildman–Crippen MR) is 113 cm³/mol. The van der Waals surface area contributed by atoms with Crippen molar-refractivity contribution in [2.75, 3.05) is 5.75 Å². The van der Waals surface area contributed by atoms with Gasteiger partial charge in [-0.05, 0) is 51.0 Å². The van der Waals surface area contributed by atoms with Crippen molar-refractivity contribution < 1.29 is 4.74 Å². The van der Waals surface area contributed by atoms with Crippen LogP contribution in [0.2, 0.25) is 0 Å². The Balaban J connectivity index is 1.95. The number of rotatable bonds is 4. The first-order valence-corrected chi connectivity index (χ1v) is 10.7. The lowest BCUT2D eigenvalue weighted by atomic mass is 9.95. The monoisotopic (exact) mass is 395 g/mol. The molecular weight excluding hydrogens is 370 g/mol. The molecule has 0 unspecified atom stereocenters. The quantitative estimate of drug-likeness (QED) is 0.483. The summed E-state index contributed by atoms with van der Waals surface area (Å²) in [5.41, 5.74) is 4.12. The van der Waals surface area contributed by atoms with Crippen molar-refractivity contribution >= 4 is 22.8 Å². The van der Waals surface area contributed by atoms with Crippen molar-refractivity contribution in [1.82, 2.24) is 14.5 Å². The third-order valence-corrected chi connectivity index (χ3v) is 6.05. The fourth-order valence-electron chi connectivity index (χ4n) is 3.46. The van der Waals surface area contributed by atoms with Crippen LogP contribution >= 0.6 is 11.8 Å². The van der Waals surface area contributed by atoms with Crippen molar-refractivity contribution in [2.24, 2.45) is 0 Å². The summed E-state index contributed by atoms with van der Waals surface area (Å²) in [7, 11) is 0. The molecular formula is C22H25N3O2S. The Morgan fingerprint density at radius 2 is 2.07 bits per heavy atom. The highest BCUT2D eigenvalue weighted by Gasteiger charge is 2.28. The zero-order chi connectivity index (χ0) is 19.9. The van der Waals surface area contributed by atoms with Crippen molar-refractivity contribution in [2.45, 2.75) is 57.9 Å². The molecule has 0 amide bonds. The highest BCUT2D eigenvalue weighted by molar-refractivity contribution is 7.99. The maximum Gasteiger partial charge on any atom is 0.268 e. The number of pyridine rings is 1. The summed E-state index contributed by atoms with van der Waals surface area (Å²) in [5.74, 6) is 0.898. The molecule has 1 aromatic carbocycles. The van der Waals surface area contributed by atoms with Gasteiger partial charge in [-0.1, -0.05) is 30.8 Å². The molecule has 3 heterocycles. The highest BCUT2D eigenvalue weighted by Crippen LogP contribution is 2.29. The number of hydrogen-bond donors (Lipinski definition) is 0. The number of aryl methyl sites for hydroxylation is 1. The van der Waals surface area contributed by atoms with Gasteiger partial charge in [-0.15, -0.1) is 0 Å². The minimum absolute atomic E-state index is 0.0747. The lowest BCUT2D eigenvalue weighted by molar-refractivity contribution is -0.0411. The summed E-state index contributed by atoms with van der Waals surface area (Å²) in [5, 5.41) is 1.24. The van der Waals surface area contributed by atoms with Gasteiger partial charge in [0.2, 0.25) is 0 Å². The smallest absolute Gasteiger partial charge is 0.268 e. The van der Waals surface area contributed by atoms with E-state index in [1.807, 2.05) is 37.3 Å². The van der Waals surface area contributed by atoms with E-state index < -0.39 is 0 Å². The molecule has 6 heteroatoms. The minimum atomic E-state index is -0.246. The topological polar surface area (TPSA) is 57.0 Å². The standard InChI is InChI=1S/C22H25N3O2S/c1-5-9-28-21-24-19-17(11-15-13-27-22(3,4)12-18(15)23-19)20(26)25(21)16-8-6-7-14(2)10-16/h6-8,10-11H,5,9,12-13H2,1-4H3. The maximum absolute atomic E-state index is 13.5. The normalized spacial score (nSPS) is 15.6. The van der Waals surface area contributed by atoms with Crippen LogP contribution in [0.25, 0.3) is 16.7 Å². The molecule has 28 heavy (non-hydrogen) atoms. The molecule has 0 N–H and O–H groups in total. The molecule has 0 saturated carbocycles. The molecule has 4 rings (SSSR count). The van der Waals surface area contributed by atoms with Gasteiger partial charge in [0.15, 0.2) is 10.8 Å². The van der Waals surface area contributed by atoms with E-state index in [-0.39, 0.29) is 11.2 Å². The summed E-state index contributed by atoms with van der Waals surface area (Å²) < 4.78 is 7.63. The van der Waals surface area contributed by atoms with Crippen LogP contribution in [-0.2, 0) is 17.8 Å². The van der Waals surface area contributed by atoms with E-state index in [0.29, 0.717) is 22.8 Å². The largest absolute Gasteiger partial charge is 0.370 e. The van der Waals surface area contributed by atoms with Gasteiger partial charge in [-0.25, -0.2) is 9.97 Å². The fraction of sp³-hybridized carbons (Fsp3) is 0.409.